The molecule has 0 amide bonds. The summed E-state index contributed by atoms with van der Waals surface area (Å²) in [6, 6.07) is 5.73. The van der Waals surface area contributed by atoms with Crippen molar-refractivity contribution < 1.29 is 13.4 Å². The third-order valence-corrected chi connectivity index (χ3v) is 3.51. The molecule has 0 fully saturated rings. The van der Waals surface area contributed by atoms with Crippen molar-refractivity contribution in [1.82, 2.24) is 8.96 Å². The van der Waals surface area contributed by atoms with Gasteiger partial charge in [-0.25, -0.2) is 8.96 Å². The van der Waals surface area contributed by atoms with Gasteiger partial charge in [-0.05, 0) is 12.1 Å². The van der Waals surface area contributed by atoms with Crippen molar-refractivity contribution in [3.63, 3.8) is 0 Å². The number of nitrogens with zero attached hydrogens (tertiary/aromatic N) is 3. The second-order valence-electron chi connectivity index (χ2n) is 4.26. The van der Waals surface area contributed by atoms with E-state index < -0.39 is 0 Å². The molecule has 2 rings (SSSR count). The van der Waals surface area contributed by atoms with Gasteiger partial charge in [0.15, 0.2) is 12.3 Å². The molecule has 0 saturated heterocycles. The number of para-hydroxylation sites is 1. The summed E-state index contributed by atoms with van der Waals surface area (Å²) in [4.78, 5) is 6.44. The Morgan fingerprint density at radius 1 is 1.25 bits per heavy atom. The minimum Gasteiger partial charge on any atom is -0.383 e. The van der Waals surface area contributed by atoms with Crippen LogP contribution in [0.4, 0.5) is 9.57 Å². The van der Waals surface area contributed by atoms with Gasteiger partial charge in [0.05, 0.1) is 24.4 Å². The third-order valence-electron chi connectivity index (χ3n) is 3.07. The molecular weight excluding hydrogens is 281 g/mol. The fraction of sp³-hybridized carbons (Fsp3) is 0.462. The van der Waals surface area contributed by atoms with Crippen LogP contribution in [-0.4, -0.2) is 49.5 Å². The van der Waals surface area contributed by atoms with Gasteiger partial charge in [0.25, 0.3) is 0 Å². The molecule has 0 aliphatic heterocycles. The maximum Gasteiger partial charge on any atom is 0.171 e. The molecule has 20 heavy (non-hydrogen) atoms. The van der Waals surface area contributed by atoms with Crippen molar-refractivity contribution in [2.75, 3.05) is 45.4 Å². The van der Waals surface area contributed by atoms with E-state index in [1.807, 2.05) is 18.2 Å². The number of imidazole rings is 1. The maximum absolute atomic E-state index is 12.8. The number of hydrogen-bond donors (Lipinski definition) is 0. The van der Waals surface area contributed by atoms with Crippen molar-refractivity contribution in [2.24, 2.45) is 0 Å². The molecule has 5 nitrogen and oxygen atoms in total. The average Bonchev–Trinajstić information content (AvgIpc) is 2.91. The lowest BCUT2D eigenvalue weighted by Crippen LogP contribution is -2.30. The molecule has 1 aromatic carbocycles. The normalized spacial score (nSPS) is 11.2. The molecule has 7 heteroatoms. The topological polar surface area (TPSA) is 39.5 Å². The summed E-state index contributed by atoms with van der Waals surface area (Å²) in [6.45, 7) is 2.68. The van der Waals surface area contributed by atoms with E-state index in [0.29, 0.717) is 13.2 Å². The smallest absolute Gasteiger partial charge is 0.171 e. The van der Waals surface area contributed by atoms with Gasteiger partial charge >= 0.3 is 0 Å². The molecule has 0 N–H and O–H groups in total. The molecule has 0 saturated carbocycles. The van der Waals surface area contributed by atoms with Gasteiger partial charge in [0.1, 0.15) is 11.8 Å². The van der Waals surface area contributed by atoms with E-state index in [0.717, 1.165) is 29.8 Å². The number of hydrogen-bond acceptors (Lipinski definition) is 5. The average molecular weight is 299 g/mol. The van der Waals surface area contributed by atoms with E-state index in [4.69, 9.17) is 9.47 Å². The van der Waals surface area contributed by atoms with Crippen molar-refractivity contribution in [3.05, 3.63) is 24.5 Å². The Hall–Kier alpha value is -1.31. The SMILES string of the molecule is COCCN(CCOC)c1cccc2c1ncn2SF. The van der Waals surface area contributed by atoms with Gasteiger partial charge in [-0.15, -0.1) is 3.89 Å². The first-order chi connectivity index (χ1) is 9.81. The standard InChI is InChI=1S/C13H18FN3O2S/c1-18-8-6-16(7-9-19-2)11-4-3-5-12-13(11)15-10-17(12)20-14/h3-5,10H,6-9H2,1-2H3. The van der Waals surface area contributed by atoms with E-state index in [-0.39, 0.29) is 12.3 Å². The van der Waals surface area contributed by atoms with E-state index in [1.165, 1.54) is 10.3 Å². The fourth-order valence-corrected chi connectivity index (χ4v) is 2.37. The minimum atomic E-state index is 0.147. The molecule has 0 radical (unpaired) electrons. The van der Waals surface area contributed by atoms with Gasteiger partial charge in [-0.1, -0.05) is 6.07 Å². The molecule has 0 aliphatic rings. The zero-order chi connectivity index (χ0) is 14.4. The van der Waals surface area contributed by atoms with Crippen LogP contribution < -0.4 is 4.90 Å². The quantitative estimate of drug-likeness (QED) is 0.749. The second-order valence-corrected chi connectivity index (χ2v) is 4.79. The number of rotatable bonds is 8. The van der Waals surface area contributed by atoms with Crippen LogP contribution in [0.2, 0.25) is 0 Å². The van der Waals surface area contributed by atoms with Crippen LogP contribution in [0.1, 0.15) is 0 Å². The lowest BCUT2D eigenvalue weighted by Gasteiger charge is -2.24. The Morgan fingerprint density at radius 2 is 1.95 bits per heavy atom. The Balaban J connectivity index is 2.33. The highest BCUT2D eigenvalue weighted by molar-refractivity contribution is 7.92. The zero-order valence-corrected chi connectivity index (χ0v) is 12.4. The third kappa shape index (κ3) is 3.23. The molecule has 110 valence electrons. The Kier molecular flexibility index (Phi) is 5.63. The molecule has 1 heterocycles. The Morgan fingerprint density at radius 3 is 2.55 bits per heavy atom. The van der Waals surface area contributed by atoms with Crippen LogP contribution in [0.15, 0.2) is 24.5 Å². The first-order valence-electron chi connectivity index (χ1n) is 6.29. The molecular formula is C13H18FN3O2S. The molecule has 1 aromatic heterocycles. The summed E-state index contributed by atoms with van der Waals surface area (Å²) in [5.41, 5.74) is 2.50. The predicted octanol–water partition coefficient (Wildman–Crippen LogP) is 2.52. The number of ether oxygens (including phenoxy) is 2. The largest absolute Gasteiger partial charge is 0.383 e. The van der Waals surface area contributed by atoms with Crippen LogP contribution in [0.3, 0.4) is 0 Å². The molecule has 0 atom stereocenters. The first-order valence-corrected chi connectivity index (χ1v) is 6.97. The fourth-order valence-electron chi connectivity index (χ4n) is 2.07. The van der Waals surface area contributed by atoms with Gasteiger partial charge in [0.2, 0.25) is 0 Å². The van der Waals surface area contributed by atoms with E-state index in [1.54, 1.807) is 14.2 Å². The summed E-state index contributed by atoms with van der Waals surface area (Å²) in [6.07, 6.45) is 1.49. The molecule has 0 aliphatic carbocycles. The van der Waals surface area contributed by atoms with Crippen molar-refractivity contribution in [1.29, 1.82) is 0 Å². The zero-order valence-electron chi connectivity index (χ0n) is 11.6. The van der Waals surface area contributed by atoms with Crippen LogP contribution in [-0.2, 0) is 9.47 Å². The summed E-state index contributed by atoms with van der Waals surface area (Å²) >= 11 is 0.147. The highest BCUT2D eigenvalue weighted by Crippen LogP contribution is 2.27. The van der Waals surface area contributed by atoms with Crippen molar-refractivity contribution in [3.8, 4) is 0 Å². The maximum atomic E-state index is 12.8. The summed E-state index contributed by atoms with van der Waals surface area (Å²) < 4.78 is 24.5. The molecule has 2 aromatic rings. The number of halogens is 1. The van der Waals surface area contributed by atoms with Crippen LogP contribution in [0.25, 0.3) is 11.0 Å². The van der Waals surface area contributed by atoms with Gasteiger partial charge in [0, 0.05) is 27.3 Å². The lowest BCUT2D eigenvalue weighted by atomic mass is 10.2. The van der Waals surface area contributed by atoms with Crippen LogP contribution >= 0.6 is 12.3 Å². The summed E-state index contributed by atoms with van der Waals surface area (Å²) in [5, 5.41) is 0. The second kappa shape index (κ2) is 7.47. The van der Waals surface area contributed by atoms with E-state index >= 15 is 0 Å². The van der Waals surface area contributed by atoms with Crippen LogP contribution in [0, 0.1) is 0 Å². The number of benzene rings is 1. The highest BCUT2D eigenvalue weighted by atomic mass is 32.2. The highest BCUT2D eigenvalue weighted by Gasteiger charge is 2.13. The van der Waals surface area contributed by atoms with Crippen molar-refractivity contribution >= 4 is 29.1 Å². The number of aromatic nitrogens is 2. The number of fused-ring (bicyclic) bond motifs is 1. The van der Waals surface area contributed by atoms with E-state index in [9.17, 15) is 3.89 Å². The van der Waals surface area contributed by atoms with E-state index in [2.05, 4.69) is 9.88 Å². The molecule has 0 bridgehead atoms. The summed E-state index contributed by atoms with van der Waals surface area (Å²) in [7, 11) is 3.34. The van der Waals surface area contributed by atoms with Gasteiger partial charge in [-0.3, -0.25) is 0 Å². The first kappa shape index (κ1) is 15.1. The number of methoxy groups -OCH3 is 2. The molecule has 0 spiro atoms. The van der Waals surface area contributed by atoms with Crippen molar-refractivity contribution in [2.45, 2.75) is 0 Å². The Bertz CT molecular complexity index is 541. The van der Waals surface area contributed by atoms with Gasteiger partial charge in [-0.2, -0.15) is 0 Å². The molecule has 0 unspecified atom stereocenters. The minimum absolute atomic E-state index is 0.147. The van der Waals surface area contributed by atoms with Gasteiger partial charge < -0.3 is 14.4 Å². The van der Waals surface area contributed by atoms with Crippen LogP contribution in [0.5, 0.6) is 0 Å². The lowest BCUT2D eigenvalue weighted by molar-refractivity contribution is 0.190. The summed E-state index contributed by atoms with van der Waals surface area (Å²) in [5.74, 6) is 0. The number of anilines is 1. The monoisotopic (exact) mass is 299 g/mol. The predicted molar refractivity (Wildman–Crippen MR) is 79.8 cm³/mol. The Labute approximate surface area is 122 Å².